The number of nitrogens with zero attached hydrogens (tertiary/aromatic N) is 2. The fraction of sp³-hybridized carbons (Fsp3) is 0.708. The monoisotopic (exact) mass is 417 g/mol. The number of hydrogen-bond acceptors (Lipinski definition) is 4. The second kappa shape index (κ2) is 11.6. The normalized spacial score (nSPS) is 18.8. The van der Waals surface area contributed by atoms with Gasteiger partial charge in [0.1, 0.15) is 5.75 Å². The molecule has 3 rings (SSSR count). The highest BCUT2D eigenvalue weighted by Gasteiger charge is 2.34. The van der Waals surface area contributed by atoms with Gasteiger partial charge in [0.05, 0.1) is 19.8 Å². The lowest BCUT2D eigenvalue weighted by Gasteiger charge is -2.37. The second-order valence-corrected chi connectivity index (χ2v) is 8.46. The maximum Gasteiger partial charge on any atom is 0.193 e. The van der Waals surface area contributed by atoms with Crippen LogP contribution in [0.4, 0.5) is 0 Å². The molecular weight excluding hydrogens is 378 g/mol. The minimum atomic E-state index is 0.00692. The zero-order chi connectivity index (χ0) is 21.2. The first-order chi connectivity index (χ1) is 14.7. The Bertz CT molecular complexity index is 652. The number of rotatable bonds is 11. The highest BCUT2D eigenvalue weighted by molar-refractivity contribution is 5.79. The summed E-state index contributed by atoms with van der Waals surface area (Å²) in [5, 5.41) is 3.45. The summed E-state index contributed by atoms with van der Waals surface area (Å²) in [4.78, 5) is 7.24. The standard InChI is InChI=1S/C24H39N3O3/c1-4-25-23(27(3)14-17-29-18-20-6-7-20)26-19-24(12-15-28-16-13-24)21-8-10-22(11-9-21)30-5-2/h8-11,20H,4-7,12-19H2,1-3H3,(H,25,26). The van der Waals surface area contributed by atoms with Gasteiger partial charge in [-0.2, -0.15) is 0 Å². The molecule has 6 nitrogen and oxygen atoms in total. The molecule has 0 radical (unpaired) electrons. The third-order valence-electron chi connectivity index (χ3n) is 6.08. The Morgan fingerprint density at radius 3 is 2.57 bits per heavy atom. The van der Waals surface area contributed by atoms with Gasteiger partial charge < -0.3 is 24.4 Å². The summed E-state index contributed by atoms with van der Waals surface area (Å²) in [5.41, 5.74) is 1.33. The van der Waals surface area contributed by atoms with E-state index >= 15 is 0 Å². The Kier molecular flexibility index (Phi) is 8.82. The Morgan fingerprint density at radius 1 is 1.20 bits per heavy atom. The van der Waals surface area contributed by atoms with Gasteiger partial charge in [0.15, 0.2) is 5.96 Å². The SMILES string of the molecule is CCNC(=NCC1(c2ccc(OCC)cc2)CCOCC1)N(C)CCOCC1CC1. The highest BCUT2D eigenvalue weighted by Crippen LogP contribution is 2.36. The van der Waals surface area contributed by atoms with Gasteiger partial charge in [-0.25, -0.2) is 0 Å². The van der Waals surface area contributed by atoms with Crippen LogP contribution < -0.4 is 10.1 Å². The molecule has 2 fully saturated rings. The van der Waals surface area contributed by atoms with Crippen molar-refractivity contribution in [3.63, 3.8) is 0 Å². The summed E-state index contributed by atoms with van der Waals surface area (Å²) in [7, 11) is 2.09. The van der Waals surface area contributed by atoms with E-state index in [-0.39, 0.29) is 5.41 Å². The topological polar surface area (TPSA) is 55.3 Å². The molecule has 2 aliphatic rings. The first kappa shape index (κ1) is 22.9. The first-order valence-electron chi connectivity index (χ1n) is 11.5. The molecule has 1 N–H and O–H groups in total. The van der Waals surface area contributed by atoms with Crippen LogP contribution in [-0.2, 0) is 14.9 Å². The summed E-state index contributed by atoms with van der Waals surface area (Å²) in [6.07, 6.45) is 4.63. The Hall–Kier alpha value is -1.79. The number of ether oxygens (including phenoxy) is 3. The summed E-state index contributed by atoms with van der Waals surface area (Å²) in [6, 6.07) is 8.56. The molecule has 168 valence electrons. The van der Waals surface area contributed by atoms with E-state index in [0.717, 1.165) is 76.5 Å². The van der Waals surface area contributed by atoms with Crippen LogP contribution in [-0.4, -0.2) is 70.6 Å². The van der Waals surface area contributed by atoms with Crippen molar-refractivity contribution < 1.29 is 14.2 Å². The number of likely N-dealkylation sites (N-methyl/N-ethyl adjacent to an activating group) is 1. The minimum Gasteiger partial charge on any atom is -0.494 e. The lowest BCUT2D eigenvalue weighted by atomic mass is 9.74. The molecule has 1 aliphatic carbocycles. The van der Waals surface area contributed by atoms with E-state index in [1.165, 1.54) is 18.4 Å². The predicted molar refractivity (Wildman–Crippen MR) is 121 cm³/mol. The molecule has 1 saturated heterocycles. The molecular formula is C24H39N3O3. The maximum absolute atomic E-state index is 5.82. The fourth-order valence-corrected chi connectivity index (χ4v) is 3.91. The zero-order valence-electron chi connectivity index (χ0n) is 19.0. The van der Waals surface area contributed by atoms with Crippen molar-refractivity contribution in [3.8, 4) is 5.75 Å². The number of benzene rings is 1. The van der Waals surface area contributed by atoms with Crippen LogP contribution in [0.1, 0.15) is 45.1 Å². The third kappa shape index (κ3) is 6.61. The van der Waals surface area contributed by atoms with Gasteiger partial charge >= 0.3 is 0 Å². The highest BCUT2D eigenvalue weighted by atomic mass is 16.5. The second-order valence-electron chi connectivity index (χ2n) is 8.46. The quantitative estimate of drug-likeness (QED) is 0.339. The molecule has 0 aromatic heterocycles. The van der Waals surface area contributed by atoms with Crippen LogP contribution in [0, 0.1) is 5.92 Å². The largest absolute Gasteiger partial charge is 0.494 e. The first-order valence-corrected chi connectivity index (χ1v) is 11.5. The van der Waals surface area contributed by atoms with Gasteiger partial charge in [-0.1, -0.05) is 12.1 Å². The van der Waals surface area contributed by atoms with Gasteiger partial charge in [-0.05, 0) is 63.1 Å². The molecule has 1 heterocycles. The number of hydrogen-bond donors (Lipinski definition) is 1. The van der Waals surface area contributed by atoms with Crippen LogP contribution in [0.15, 0.2) is 29.3 Å². The van der Waals surface area contributed by atoms with Crippen molar-refractivity contribution in [1.82, 2.24) is 10.2 Å². The Morgan fingerprint density at radius 2 is 1.93 bits per heavy atom. The van der Waals surface area contributed by atoms with E-state index in [2.05, 4.69) is 48.5 Å². The van der Waals surface area contributed by atoms with Gasteiger partial charge in [0, 0.05) is 45.4 Å². The molecule has 0 atom stereocenters. The van der Waals surface area contributed by atoms with E-state index in [1.54, 1.807) is 0 Å². The van der Waals surface area contributed by atoms with E-state index in [1.807, 2.05) is 6.92 Å². The van der Waals surface area contributed by atoms with Gasteiger partial charge in [-0.15, -0.1) is 0 Å². The van der Waals surface area contributed by atoms with E-state index < -0.39 is 0 Å². The molecule has 1 aliphatic heterocycles. The van der Waals surface area contributed by atoms with Gasteiger partial charge in [-0.3, -0.25) is 4.99 Å². The summed E-state index contributed by atoms with van der Waals surface area (Å²) < 4.78 is 17.1. The molecule has 0 spiro atoms. The van der Waals surface area contributed by atoms with Crippen molar-refractivity contribution in [2.45, 2.75) is 44.9 Å². The predicted octanol–water partition coefficient (Wildman–Crippen LogP) is 3.46. The van der Waals surface area contributed by atoms with Crippen molar-refractivity contribution in [2.75, 3.05) is 59.7 Å². The number of aliphatic imine (C=N–C) groups is 1. The van der Waals surface area contributed by atoms with Crippen molar-refractivity contribution in [3.05, 3.63) is 29.8 Å². The Labute approximate surface area is 182 Å². The van der Waals surface area contributed by atoms with Gasteiger partial charge in [0.2, 0.25) is 0 Å². The maximum atomic E-state index is 5.82. The zero-order valence-corrected chi connectivity index (χ0v) is 19.0. The van der Waals surface area contributed by atoms with Crippen molar-refractivity contribution in [2.24, 2.45) is 10.9 Å². The minimum absolute atomic E-state index is 0.00692. The average Bonchev–Trinajstić information content (AvgIpc) is 3.60. The molecule has 6 heteroatoms. The molecule has 1 aromatic carbocycles. The summed E-state index contributed by atoms with van der Waals surface area (Å²) >= 11 is 0. The molecule has 1 saturated carbocycles. The van der Waals surface area contributed by atoms with Crippen LogP contribution in [0.3, 0.4) is 0 Å². The number of nitrogens with one attached hydrogen (secondary N) is 1. The molecule has 0 bridgehead atoms. The van der Waals surface area contributed by atoms with Crippen molar-refractivity contribution >= 4 is 5.96 Å². The van der Waals surface area contributed by atoms with Crippen molar-refractivity contribution in [1.29, 1.82) is 0 Å². The molecule has 1 aromatic rings. The lowest BCUT2D eigenvalue weighted by molar-refractivity contribution is 0.0530. The van der Waals surface area contributed by atoms with Crippen LogP contribution in [0.2, 0.25) is 0 Å². The Balaban J connectivity index is 1.66. The van der Waals surface area contributed by atoms with Crippen LogP contribution in [0.25, 0.3) is 0 Å². The summed E-state index contributed by atoms with van der Waals surface area (Å²) in [5.74, 6) is 2.68. The third-order valence-corrected chi connectivity index (χ3v) is 6.08. The average molecular weight is 418 g/mol. The lowest BCUT2D eigenvalue weighted by Crippen LogP contribution is -2.43. The van der Waals surface area contributed by atoms with E-state index in [0.29, 0.717) is 6.61 Å². The van der Waals surface area contributed by atoms with Crippen LogP contribution in [0.5, 0.6) is 5.75 Å². The molecule has 30 heavy (non-hydrogen) atoms. The smallest absolute Gasteiger partial charge is 0.193 e. The van der Waals surface area contributed by atoms with E-state index in [9.17, 15) is 0 Å². The van der Waals surface area contributed by atoms with Crippen LogP contribution >= 0.6 is 0 Å². The molecule has 0 unspecified atom stereocenters. The molecule has 0 amide bonds. The fourth-order valence-electron chi connectivity index (χ4n) is 3.91. The van der Waals surface area contributed by atoms with Gasteiger partial charge in [0.25, 0.3) is 0 Å². The number of guanidine groups is 1. The summed E-state index contributed by atoms with van der Waals surface area (Å²) in [6.45, 7) is 10.5. The van der Waals surface area contributed by atoms with E-state index in [4.69, 9.17) is 19.2 Å².